The maximum Gasteiger partial charge on any atom is 0.337 e. The molecule has 0 aliphatic carbocycles. The van der Waals surface area contributed by atoms with Crippen LogP contribution in [0.15, 0.2) is 52.3 Å². The van der Waals surface area contributed by atoms with Crippen LogP contribution in [0.25, 0.3) is 0 Å². The topological polar surface area (TPSA) is 97.5 Å². The first-order valence-electron chi connectivity index (χ1n) is 6.43. The zero-order valence-electron chi connectivity index (χ0n) is 11.5. The molecule has 0 saturated carbocycles. The summed E-state index contributed by atoms with van der Waals surface area (Å²) in [5.74, 6) is -1.21. The summed E-state index contributed by atoms with van der Waals surface area (Å²) in [6, 6.07) is 9.96. The van der Waals surface area contributed by atoms with Crippen molar-refractivity contribution >= 4 is 27.4 Å². The van der Waals surface area contributed by atoms with Gasteiger partial charge in [-0.2, -0.15) is 0 Å². The fraction of sp³-hybridized carbons (Fsp3) is 0.133. The van der Waals surface area contributed by atoms with Crippen LogP contribution in [0.2, 0.25) is 5.02 Å². The number of sulfone groups is 1. The molecule has 0 bridgehead atoms. The highest BCUT2D eigenvalue weighted by Crippen LogP contribution is 2.26. The van der Waals surface area contributed by atoms with Crippen molar-refractivity contribution < 1.29 is 18.3 Å². The van der Waals surface area contributed by atoms with E-state index in [0.717, 1.165) is 11.6 Å². The Balaban J connectivity index is 2.42. The molecule has 0 amide bonds. The van der Waals surface area contributed by atoms with Crippen LogP contribution >= 0.6 is 11.6 Å². The molecule has 2 aromatic carbocycles. The number of carboxylic acid groups (broad SMARTS) is 1. The lowest BCUT2D eigenvalue weighted by molar-refractivity contribution is 0.0697. The summed E-state index contributed by atoms with van der Waals surface area (Å²) in [5, 5.41) is 8.80. The largest absolute Gasteiger partial charge is 0.478 e. The predicted molar refractivity (Wildman–Crippen MR) is 83.1 cm³/mol. The summed E-state index contributed by atoms with van der Waals surface area (Å²) in [6.45, 7) is 0.484. The Morgan fingerprint density at radius 1 is 1.09 bits per heavy atom. The van der Waals surface area contributed by atoms with E-state index in [0.29, 0.717) is 13.0 Å². The van der Waals surface area contributed by atoms with E-state index in [9.17, 15) is 13.2 Å². The van der Waals surface area contributed by atoms with Crippen molar-refractivity contribution in [3.8, 4) is 0 Å². The van der Waals surface area contributed by atoms with Gasteiger partial charge in [0, 0.05) is 0 Å². The van der Waals surface area contributed by atoms with E-state index in [4.69, 9.17) is 22.4 Å². The van der Waals surface area contributed by atoms with Gasteiger partial charge in [0.2, 0.25) is 9.84 Å². The molecule has 3 N–H and O–H groups in total. The Morgan fingerprint density at radius 3 is 2.18 bits per heavy atom. The summed E-state index contributed by atoms with van der Waals surface area (Å²) < 4.78 is 25.0. The smallest absolute Gasteiger partial charge is 0.337 e. The van der Waals surface area contributed by atoms with Gasteiger partial charge >= 0.3 is 5.97 Å². The van der Waals surface area contributed by atoms with Crippen LogP contribution in [0.5, 0.6) is 0 Å². The van der Waals surface area contributed by atoms with E-state index in [1.54, 1.807) is 12.1 Å². The highest BCUT2D eigenvalue weighted by atomic mass is 35.5. The van der Waals surface area contributed by atoms with E-state index in [1.807, 2.05) is 0 Å². The lowest BCUT2D eigenvalue weighted by atomic mass is 10.2. The average Bonchev–Trinajstić information content (AvgIpc) is 2.47. The van der Waals surface area contributed by atoms with E-state index in [2.05, 4.69) is 0 Å². The molecule has 116 valence electrons. The number of aromatic carboxylic acids is 1. The number of carbonyl (C=O) groups is 1. The molecule has 2 aromatic rings. The van der Waals surface area contributed by atoms with Gasteiger partial charge in [0.25, 0.3) is 0 Å². The molecule has 0 aliphatic rings. The first-order chi connectivity index (χ1) is 10.4. The van der Waals surface area contributed by atoms with Gasteiger partial charge in [0.1, 0.15) is 0 Å². The fourth-order valence-electron chi connectivity index (χ4n) is 1.97. The summed E-state index contributed by atoms with van der Waals surface area (Å²) in [6.07, 6.45) is 0.666. The molecule has 0 unspecified atom stereocenters. The first-order valence-corrected chi connectivity index (χ1v) is 8.29. The summed E-state index contributed by atoms with van der Waals surface area (Å²) >= 11 is 5.83. The number of carboxylic acids is 1. The van der Waals surface area contributed by atoms with Gasteiger partial charge < -0.3 is 10.8 Å². The lowest BCUT2D eigenvalue weighted by Gasteiger charge is -2.07. The first kappa shape index (κ1) is 16.5. The maximum atomic E-state index is 12.5. The fourth-order valence-corrected chi connectivity index (χ4v) is 3.59. The standard InChI is InChI=1S/C15H14ClNO4S/c16-14-9-12(5-6-13(14)15(18)19)22(20,21)11-3-1-10(2-4-11)7-8-17/h1-6,9H,7-8,17H2,(H,18,19). The van der Waals surface area contributed by atoms with Gasteiger partial charge in [0.05, 0.1) is 20.4 Å². The Kier molecular flexibility index (Phi) is 4.85. The summed E-state index contributed by atoms with van der Waals surface area (Å²) in [5.41, 5.74) is 6.25. The van der Waals surface area contributed by atoms with Crippen LogP contribution in [-0.2, 0) is 16.3 Å². The average molecular weight is 340 g/mol. The summed E-state index contributed by atoms with van der Waals surface area (Å²) in [4.78, 5) is 11.0. The molecule has 0 atom stereocenters. The Labute approximate surface area is 133 Å². The van der Waals surface area contributed by atoms with E-state index in [1.165, 1.54) is 24.3 Å². The Hall–Kier alpha value is -1.89. The second-order valence-corrected chi connectivity index (χ2v) is 6.99. The monoisotopic (exact) mass is 339 g/mol. The van der Waals surface area contributed by atoms with Crippen LogP contribution in [0.1, 0.15) is 15.9 Å². The Bertz CT molecular complexity index is 801. The molecule has 0 fully saturated rings. The second kappa shape index (κ2) is 6.48. The molecular weight excluding hydrogens is 326 g/mol. The molecule has 7 heteroatoms. The molecule has 0 spiro atoms. The maximum absolute atomic E-state index is 12.5. The molecular formula is C15H14ClNO4S. The van der Waals surface area contributed by atoms with Crippen molar-refractivity contribution in [1.29, 1.82) is 0 Å². The van der Waals surface area contributed by atoms with Crippen molar-refractivity contribution in [1.82, 2.24) is 0 Å². The zero-order chi connectivity index (χ0) is 16.3. The van der Waals surface area contributed by atoms with Crippen LogP contribution in [0.4, 0.5) is 0 Å². The van der Waals surface area contributed by atoms with Gasteiger partial charge in [-0.15, -0.1) is 0 Å². The second-order valence-electron chi connectivity index (χ2n) is 4.63. The third kappa shape index (κ3) is 3.30. The van der Waals surface area contributed by atoms with Crippen molar-refractivity contribution in [2.75, 3.05) is 6.54 Å². The number of benzene rings is 2. The zero-order valence-corrected chi connectivity index (χ0v) is 13.1. The molecule has 0 radical (unpaired) electrons. The normalized spacial score (nSPS) is 11.4. The lowest BCUT2D eigenvalue weighted by Crippen LogP contribution is -2.05. The van der Waals surface area contributed by atoms with Crippen LogP contribution in [0.3, 0.4) is 0 Å². The molecule has 22 heavy (non-hydrogen) atoms. The predicted octanol–water partition coefficient (Wildman–Crippen LogP) is 2.37. The van der Waals surface area contributed by atoms with Gasteiger partial charge in [-0.3, -0.25) is 0 Å². The number of halogens is 1. The van der Waals surface area contributed by atoms with Crippen LogP contribution in [-0.4, -0.2) is 26.0 Å². The number of nitrogens with two attached hydrogens (primary N) is 1. The van der Waals surface area contributed by atoms with E-state index >= 15 is 0 Å². The van der Waals surface area contributed by atoms with Gasteiger partial charge in [0.15, 0.2) is 0 Å². The SMILES string of the molecule is NCCc1ccc(S(=O)(=O)c2ccc(C(=O)O)c(Cl)c2)cc1. The van der Waals surface area contributed by atoms with E-state index < -0.39 is 15.8 Å². The van der Waals surface area contributed by atoms with Gasteiger partial charge in [-0.25, -0.2) is 13.2 Å². The highest BCUT2D eigenvalue weighted by Gasteiger charge is 2.20. The quantitative estimate of drug-likeness (QED) is 0.871. The molecule has 0 heterocycles. The highest BCUT2D eigenvalue weighted by molar-refractivity contribution is 7.91. The third-order valence-corrected chi connectivity index (χ3v) is 5.23. The van der Waals surface area contributed by atoms with Crippen molar-refractivity contribution in [3.63, 3.8) is 0 Å². The molecule has 0 aliphatic heterocycles. The number of hydrogen-bond acceptors (Lipinski definition) is 4. The number of hydrogen-bond donors (Lipinski definition) is 2. The van der Waals surface area contributed by atoms with Crippen molar-refractivity contribution in [2.45, 2.75) is 16.2 Å². The minimum absolute atomic E-state index is 0.0472. The number of rotatable bonds is 5. The molecule has 0 saturated heterocycles. The molecule has 5 nitrogen and oxygen atoms in total. The van der Waals surface area contributed by atoms with Crippen LogP contribution in [0, 0.1) is 0 Å². The minimum Gasteiger partial charge on any atom is -0.478 e. The Morgan fingerprint density at radius 2 is 1.68 bits per heavy atom. The molecule has 2 rings (SSSR count). The van der Waals surface area contributed by atoms with Crippen LogP contribution < -0.4 is 5.73 Å². The van der Waals surface area contributed by atoms with Gasteiger partial charge in [-0.1, -0.05) is 23.7 Å². The molecule has 0 aromatic heterocycles. The van der Waals surface area contributed by atoms with Crippen molar-refractivity contribution in [2.24, 2.45) is 5.73 Å². The minimum atomic E-state index is -3.74. The third-order valence-electron chi connectivity index (χ3n) is 3.15. The van der Waals surface area contributed by atoms with Crippen molar-refractivity contribution in [3.05, 3.63) is 58.6 Å². The summed E-state index contributed by atoms with van der Waals surface area (Å²) in [7, 11) is -3.74. The van der Waals surface area contributed by atoms with Gasteiger partial charge in [-0.05, 0) is 48.9 Å². The van der Waals surface area contributed by atoms with E-state index in [-0.39, 0.29) is 20.4 Å².